The minimum absolute atomic E-state index is 0. The summed E-state index contributed by atoms with van der Waals surface area (Å²) in [5.41, 5.74) is -0.116. The van der Waals surface area contributed by atoms with E-state index in [0.29, 0.717) is 19.0 Å². The van der Waals surface area contributed by atoms with Crippen LogP contribution in [-0.2, 0) is 0 Å². The monoisotopic (exact) mass is 315 g/mol. The highest BCUT2D eigenvalue weighted by atomic mass is 35.5. The zero-order chi connectivity index (χ0) is 14.7. The number of nitro groups is 1. The molecule has 0 radical (unpaired) electrons. The summed E-state index contributed by atoms with van der Waals surface area (Å²) in [7, 11) is 1.87. The first-order chi connectivity index (χ1) is 9.52. The van der Waals surface area contributed by atoms with Crippen molar-refractivity contribution >= 4 is 24.0 Å². The predicted octanol–water partition coefficient (Wildman–Crippen LogP) is 1.40. The highest BCUT2D eigenvalue weighted by Crippen LogP contribution is 2.27. The van der Waals surface area contributed by atoms with Crippen LogP contribution in [0.5, 0.6) is 5.75 Å². The first-order valence-electron chi connectivity index (χ1n) is 6.44. The van der Waals surface area contributed by atoms with Crippen LogP contribution in [0.3, 0.4) is 0 Å². The van der Waals surface area contributed by atoms with E-state index in [0.717, 1.165) is 25.1 Å². The molecule has 116 valence electrons. The third-order valence-electron chi connectivity index (χ3n) is 3.48. The lowest BCUT2D eigenvalue weighted by Gasteiger charge is -2.16. The van der Waals surface area contributed by atoms with Crippen LogP contribution in [0.2, 0.25) is 0 Å². The van der Waals surface area contributed by atoms with Gasteiger partial charge in [0.05, 0.1) is 4.92 Å². The molecule has 8 heteroatoms. The molecule has 1 saturated heterocycles. The highest BCUT2D eigenvalue weighted by Gasteiger charge is 2.27. The molecule has 1 aromatic rings. The fraction of sp³-hybridized carbons (Fsp3) is 0.462. The largest absolute Gasteiger partial charge is 0.502 e. The van der Waals surface area contributed by atoms with E-state index < -0.39 is 16.4 Å². The number of aromatic hydroxyl groups is 1. The second-order valence-corrected chi connectivity index (χ2v) is 4.92. The van der Waals surface area contributed by atoms with E-state index in [1.54, 1.807) is 4.90 Å². The zero-order valence-electron chi connectivity index (χ0n) is 11.6. The molecule has 1 amide bonds. The summed E-state index contributed by atoms with van der Waals surface area (Å²) in [5, 5.41) is 23.3. The molecular formula is C13H18ClN3O4. The molecule has 0 bridgehead atoms. The molecule has 1 fully saturated rings. The number of rotatable bonds is 4. The number of amides is 1. The topological polar surface area (TPSA) is 95.7 Å². The van der Waals surface area contributed by atoms with Gasteiger partial charge in [0.25, 0.3) is 5.91 Å². The van der Waals surface area contributed by atoms with Crippen molar-refractivity contribution in [2.75, 3.05) is 26.7 Å². The number of carbonyl (C=O) groups excluding carboxylic acids is 1. The molecular weight excluding hydrogens is 298 g/mol. The Kier molecular flexibility index (Phi) is 5.92. The number of likely N-dealkylation sites (tertiary alicyclic amines) is 1. The first kappa shape index (κ1) is 17.2. The van der Waals surface area contributed by atoms with Gasteiger partial charge in [-0.3, -0.25) is 14.9 Å². The quantitative estimate of drug-likeness (QED) is 0.647. The Morgan fingerprint density at radius 2 is 2.29 bits per heavy atom. The molecule has 1 atom stereocenters. The standard InChI is InChI=1S/C13H17N3O4.ClH/c1-14-7-9-4-5-15(8-9)13(18)10-2-3-11(16(19)20)12(17)6-10;/h2-3,6,9,14,17H,4-5,7-8H2,1H3;1H. The van der Waals surface area contributed by atoms with Gasteiger partial charge in [-0.05, 0) is 38.1 Å². The van der Waals surface area contributed by atoms with Gasteiger partial charge in [-0.1, -0.05) is 0 Å². The molecule has 1 aromatic carbocycles. The maximum absolute atomic E-state index is 12.3. The molecule has 7 nitrogen and oxygen atoms in total. The number of halogens is 1. The van der Waals surface area contributed by atoms with Crippen LogP contribution in [0.25, 0.3) is 0 Å². The van der Waals surface area contributed by atoms with Crippen molar-refractivity contribution in [1.82, 2.24) is 10.2 Å². The Morgan fingerprint density at radius 3 is 2.86 bits per heavy atom. The molecule has 1 aliphatic heterocycles. The number of nitro benzene ring substituents is 1. The molecule has 1 aliphatic rings. The van der Waals surface area contributed by atoms with Crippen LogP contribution < -0.4 is 5.32 Å². The normalized spacial score (nSPS) is 17.4. The van der Waals surface area contributed by atoms with Crippen LogP contribution >= 0.6 is 12.4 Å². The Morgan fingerprint density at radius 1 is 1.57 bits per heavy atom. The lowest BCUT2D eigenvalue weighted by Crippen LogP contribution is -2.30. The van der Waals surface area contributed by atoms with E-state index in [2.05, 4.69) is 5.32 Å². The fourth-order valence-corrected chi connectivity index (χ4v) is 2.47. The number of nitrogens with one attached hydrogen (secondary N) is 1. The van der Waals surface area contributed by atoms with E-state index in [1.807, 2.05) is 7.05 Å². The molecule has 0 aliphatic carbocycles. The van der Waals surface area contributed by atoms with Crippen molar-refractivity contribution in [3.8, 4) is 5.75 Å². The van der Waals surface area contributed by atoms with Crippen LogP contribution in [0.4, 0.5) is 5.69 Å². The second kappa shape index (κ2) is 7.24. The van der Waals surface area contributed by atoms with E-state index in [-0.39, 0.29) is 23.9 Å². The number of nitrogens with zero attached hydrogens (tertiary/aromatic N) is 2. The Bertz CT molecular complexity index is 538. The molecule has 2 rings (SSSR count). The van der Waals surface area contributed by atoms with Gasteiger partial charge < -0.3 is 15.3 Å². The van der Waals surface area contributed by atoms with Crippen molar-refractivity contribution in [1.29, 1.82) is 0 Å². The van der Waals surface area contributed by atoms with Crippen molar-refractivity contribution in [3.05, 3.63) is 33.9 Å². The van der Waals surface area contributed by atoms with Gasteiger partial charge in [-0.25, -0.2) is 0 Å². The molecule has 0 saturated carbocycles. The summed E-state index contributed by atoms with van der Waals surface area (Å²) in [6.07, 6.45) is 0.936. The average Bonchev–Trinajstić information content (AvgIpc) is 2.86. The number of phenolic OH excluding ortho intramolecular Hbond substituents is 1. The third-order valence-corrected chi connectivity index (χ3v) is 3.48. The molecule has 0 aromatic heterocycles. The second-order valence-electron chi connectivity index (χ2n) is 4.92. The summed E-state index contributed by atoms with van der Waals surface area (Å²) in [6.45, 7) is 2.19. The average molecular weight is 316 g/mol. The smallest absolute Gasteiger partial charge is 0.310 e. The van der Waals surface area contributed by atoms with Gasteiger partial charge >= 0.3 is 5.69 Å². The number of phenols is 1. The zero-order valence-corrected chi connectivity index (χ0v) is 12.4. The molecule has 21 heavy (non-hydrogen) atoms. The van der Waals surface area contributed by atoms with Crippen molar-refractivity contribution in [2.24, 2.45) is 5.92 Å². The van der Waals surface area contributed by atoms with Crippen molar-refractivity contribution in [2.45, 2.75) is 6.42 Å². The summed E-state index contributed by atoms with van der Waals surface area (Å²) in [4.78, 5) is 23.9. The van der Waals surface area contributed by atoms with E-state index >= 15 is 0 Å². The third kappa shape index (κ3) is 3.83. The van der Waals surface area contributed by atoms with Crippen molar-refractivity contribution < 1.29 is 14.8 Å². The van der Waals surface area contributed by atoms with Crippen molar-refractivity contribution in [3.63, 3.8) is 0 Å². The molecule has 0 spiro atoms. The van der Waals surface area contributed by atoms with E-state index in [4.69, 9.17) is 0 Å². The Balaban J connectivity index is 0.00000220. The maximum atomic E-state index is 12.3. The predicted molar refractivity (Wildman–Crippen MR) is 79.9 cm³/mol. The van der Waals surface area contributed by atoms with Gasteiger partial charge in [0.2, 0.25) is 0 Å². The summed E-state index contributed by atoms with van der Waals surface area (Å²) in [6, 6.07) is 3.70. The van der Waals surface area contributed by atoms with Gasteiger partial charge in [0.15, 0.2) is 5.75 Å². The molecule has 1 unspecified atom stereocenters. The van der Waals surface area contributed by atoms with E-state index in [1.165, 1.54) is 6.07 Å². The molecule has 1 heterocycles. The number of benzene rings is 1. The van der Waals surface area contributed by atoms with Gasteiger partial charge in [-0.2, -0.15) is 0 Å². The van der Waals surface area contributed by atoms with Crippen LogP contribution in [0.15, 0.2) is 18.2 Å². The minimum Gasteiger partial charge on any atom is -0.502 e. The van der Waals surface area contributed by atoms with E-state index in [9.17, 15) is 20.0 Å². The maximum Gasteiger partial charge on any atom is 0.310 e. The Labute approximate surface area is 128 Å². The number of hydrogen-bond acceptors (Lipinski definition) is 5. The van der Waals surface area contributed by atoms with Gasteiger partial charge in [-0.15, -0.1) is 12.4 Å². The van der Waals surface area contributed by atoms with Gasteiger partial charge in [0, 0.05) is 24.7 Å². The highest BCUT2D eigenvalue weighted by molar-refractivity contribution is 5.95. The van der Waals surface area contributed by atoms with Crippen LogP contribution in [0, 0.1) is 16.0 Å². The lowest BCUT2D eigenvalue weighted by atomic mass is 10.1. The summed E-state index contributed by atoms with van der Waals surface area (Å²) in [5.74, 6) is -0.254. The Hall–Kier alpha value is -1.86. The van der Waals surface area contributed by atoms with Crippen LogP contribution in [0.1, 0.15) is 16.8 Å². The summed E-state index contributed by atoms with van der Waals surface area (Å²) >= 11 is 0. The molecule has 2 N–H and O–H groups in total. The summed E-state index contributed by atoms with van der Waals surface area (Å²) < 4.78 is 0. The SMILES string of the molecule is CNCC1CCN(C(=O)c2ccc([N+](=O)[O-])c(O)c2)C1.Cl. The lowest BCUT2D eigenvalue weighted by molar-refractivity contribution is -0.385. The fourth-order valence-electron chi connectivity index (χ4n) is 2.47. The van der Waals surface area contributed by atoms with Crippen LogP contribution in [-0.4, -0.2) is 47.5 Å². The minimum atomic E-state index is -0.678. The number of hydrogen-bond donors (Lipinski definition) is 2. The number of carbonyl (C=O) groups is 1. The van der Waals surface area contributed by atoms with Gasteiger partial charge in [0.1, 0.15) is 0 Å². The first-order valence-corrected chi connectivity index (χ1v) is 6.44.